The van der Waals surface area contributed by atoms with E-state index in [1.54, 1.807) is 6.07 Å². The van der Waals surface area contributed by atoms with Crippen LogP contribution in [-0.2, 0) is 4.74 Å². The Bertz CT molecular complexity index is 433. The molecule has 92 valence electrons. The smallest absolute Gasteiger partial charge is 0.107 e. The molecule has 1 aromatic rings. The minimum atomic E-state index is 0.330. The molecule has 0 spiro atoms. The van der Waals surface area contributed by atoms with Crippen molar-refractivity contribution in [1.82, 2.24) is 0 Å². The second kappa shape index (κ2) is 5.21. The highest BCUT2D eigenvalue weighted by Gasteiger charge is 2.23. The van der Waals surface area contributed by atoms with Gasteiger partial charge in [-0.05, 0) is 18.6 Å². The normalized spacial score (nSPS) is 19.3. The average Bonchev–Trinajstić information content (AvgIpc) is 2.80. The second-order valence-corrected chi connectivity index (χ2v) is 4.97. The van der Waals surface area contributed by atoms with Crippen LogP contribution in [0, 0.1) is 0 Å². The highest BCUT2D eigenvalue weighted by atomic mass is 35.5. The Morgan fingerprint density at radius 3 is 2.94 bits per heavy atom. The summed E-state index contributed by atoms with van der Waals surface area (Å²) in [6.07, 6.45) is 1.01. The van der Waals surface area contributed by atoms with Crippen molar-refractivity contribution in [3.05, 3.63) is 28.8 Å². The number of rotatable bonds is 3. The summed E-state index contributed by atoms with van der Waals surface area (Å²) in [5, 5.41) is 0.598. The van der Waals surface area contributed by atoms with Crippen molar-refractivity contribution in [2.24, 2.45) is 5.73 Å². The van der Waals surface area contributed by atoms with Gasteiger partial charge >= 0.3 is 0 Å². The number of likely N-dealkylation sites (N-methyl/N-ethyl adjacent to an activating group) is 1. The summed E-state index contributed by atoms with van der Waals surface area (Å²) in [6.45, 7) is 1.54. The van der Waals surface area contributed by atoms with E-state index < -0.39 is 0 Å². The molecule has 2 rings (SSSR count). The third-order valence-corrected chi connectivity index (χ3v) is 3.59. The van der Waals surface area contributed by atoms with Gasteiger partial charge < -0.3 is 15.4 Å². The molecule has 1 aliphatic heterocycles. The summed E-state index contributed by atoms with van der Waals surface area (Å²) < 4.78 is 5.39. The second-order valence-electron chi connectivity index (χ2n) is 4.13. The lowest BCUT2D eigenvalue weighted by molar-refractivity contribution is 0.193. The van der Waals surface area contributed by atoms with Crippen LogP contribution in [0.1, 0.15) is 12.0 Å². The summed E-state index contributed by atoms with van der Waals surface area (Å²) in [4.78, 5) is 2.48. The van der Waals surface area contributed by atoms with E-state index >= 15 is 0 Å². The maximum absolute atomic E-state index is 6.15. The summed E-state index contributed by atoms with van der Waals surface area (Å²) in [5.41, 5.74) is 7.46. The Labute approximate surface area is 111 Å². The van der Waals surface area contributed by atoms with Crippen molar-refractivity contribution >= 4 is 34.5 Å². The van der Waals surface area contributed by atoms with Crippen LogP contribution in [-0.4, -0.2) is 31.3 Å². The molecule has 0 aromatic heterocycles. The van der Waals surface area contributed by atoms with Gasteiger partial charge in [0.2, 0.25) is 0 Å². The number of ether oxygens (including phenoxy) is 1. The molecular weight excluding hydrogens is 256 g/mol. The predicted molar refractivity (Wildman–Crippen MR) is 75.0 cm³/mol. The fraction of sp³-hybridized carbons (Fsp3) is 0.417. The van der Waals surface area contributed by atoms with E-state index in [0.29, 0.717) is 16.1 Å². The first-order valence-electron chi connectivity index (χ1n) is 5.50. The average molecular weight is 271 g/mol. The number of halogens is 1. The van der Waals surface area contributed by atoms with Gasteiger partial charge in [0.25, 0.3) is 0 Å². The zero-order valence-corrected chi connectivity index (χ0v) is 11.2. The van der Waals surface area contributed by atoms with Gasteiger partial charge in [0.15, 0.2) is 0 Å². The first kappa shape index (κ1) is 12.6. The molecule has 0 radical (unpaired) electrons. The molecule has 1 aromatic carbocycles. The zero-order chi connectivity index (χ0) is 12.4. The van der Waals surface area contributed by atoms with Gasteiger partial charge in [-0.25, -0.2) is 0 Å². The highest BCUT2D eigenvalue weighted by Crippen LogP contribution is 2.29. The van der Waals surface area contributed by atoms with E-state index in [9.17, 15) is 0 Å². The number of anilines is 1. The summed E-state index contributed by atoms with van der Waals surface area (Å²) in [7, 11) is 2.02. The van der Waals surface area contributed by atoms with Crippen molar-refractivity contribution in [2.45, 2.75) is 12.5 Å². The minimum absolute atomic E-state index is 0.330. The fourth-order valence-electron chi connectivity index (χ4n) is 2.07. The monoisotopic (exact) mass is 270 g/mol. The molecule has 3 nitrogen and oxygen atoms in total. The molecule has 0 saturated carbocycles. The van der Waals surface area contributed by atoms with E-state index in [-0.39, 0.29) is 0 Å². The molecule has 1 atom stereocenters. The first-order chi connectivity index (χ1) is 8.11. The Morgan fingerprint density at radius 2 is 2.35 bits per heavy atom. The van der Waals surface area contributed by atoms with E-state index in [0.717, 1.165) is 30.9 Å². The molecule has 17 heavy (non-hydrogen) atoms. The first-order valence-corrected chi connectivity index (χ1v) is 6.28. The van der Waals surface area contributed by atoms with Crippen LogP contribution in [0.15, 0.2) is 18.2 Å². The van der Waals surface area contributed by atoms with E-state index in [1.165, 1.54) is 0 Å². The molecule has 0 amide bonds. The Hall–Kier alpha value is -0.840. The fourth-order valence-corrected chi connectivity index (χ4v) is 2.62. The molecule has 2 N–H and O–H groups in total. The van der Waals surface area contributed by atoms with Crippen LogP contribution in [0.5, 0.6) is 0 Å². The van der Waals surface area contributed by atoms with Gasteiger partial charge in [-0.3, -0.25) is 0 Å². The molecule has 1 heterocycles. The van der Waals surface area contributed by atoms with Crippen LogP contribution >= 0.6 is 23.8 Å². The highest BCUT2D eigenvalue weighted by molar-refractivity contribution is 7.80. The Morgan fingerprint density at radius 1 is 1.59 bits per heavy atom. The van der Waals surface area contributed by atoms with Gasteiger partial charge in [0.1, 0.15) is 4.99 Å². The molecule has 0 bridgehead atoms. The van der Waals surface area contributed by atoms with Gasteiger partial charge in [-0.2, -0.15) is 0 Å². The molecule has 1 aliphatic rings. The van der Waals surface area contributed by atoms with Gasteiger partial charge in [-0.1, -0.05) is 29.9 Å². The zero-order valence-electron chi connectivity index (χ0n) is 9.65. The molecule has 0 aliphatic carbocycles. The van der Waals surface area contributed by atoms with Crippen molar-refractivity contribution in [1.29, 1.82) is 0 Å². The maximum Gasteiger partial charge on any atom is 0.107 e. The van der Waals surface area contributed by atoms with Crippen LogP contribution in [0.2, 0.25) is 5.02 Å². The molecule has 5 heteroatoms. The van der Waals surface area contributed by atoms with Gasteiger partial charge in [0, 0.05) is 19.3 Å². The lowest BCUT2D eigenvalue weighted by Crippen LogP contribution is -2.33. The number of nitrogens with zero attached hydrogens (tertiary/aromatic N) is 1. The van der Waals surface area contributed by atoms with Crippen molar-refractivity contribution in [2.75, 3.05) is 25.2 Å². The number of hydrogen-bond acceptors (Lipinski definition) is 3. The van der Waals surface area contributed by atoms with E-state index in [2.05, 4.69) is 4.90 Å². The van der Waals surface area contributed by atoms with Crippen LogP contribution < -0.4 is 10.6 Å². The third kappa shape index (κ3) is 2.54. The number of benzene rings is 1. The van der Waals surface area contributed by atoms with Gasteiger partial charge in [-0.15, -0.1) is 0 Å². The molecule has 1 unspecified atom stereocenters. The van der Waals surface area contributed by atoms with Gasteiger partial charge in [0.05, 0.1) is 23.2 Å². The summed E-state index contributed by atoms with van der Waals surface area (Å²) >= 11 is 11.2. The van der Waals surface area contributed by atoms with Crippen molar-refractivity contribution < 1.29 is 4.74 Å². The minimum Gasteiger partial charge on any atom is -0.389 e. The quantitative estimate of drug-likeness (QED) is 0.855. The number of hydrogen-bond donors (Lipinski definition) is 1. The van der Waals surface area contributed by atoms with Crippen LogP contribution in [0.25, 0.3) is 0 Å². The standard InChI is InChI=1S/C12H15ClN2OS/c1-15(8-5-6-16-7-8)10-4-2-3-9(13)11(10)12(14)17/h2-4,8H,5-7H2,1H3,(H2,14,17). The number of thiocarbonyl (C=S) groups is 1. The van der Waals surface area contributed by atoms with Crippen molar-refractivity contribution in [3.8, 4) is 0 Å². The SMILES string of the molecule is CN(c1cccc(Cl)c1C(N)=S)C1CCOC1. The lowest BCUT2D eigenvalue weighted by Gasteiger charge is -2.27. The van der Waals surface area contributed by atoms with E-state index in [1.807, 2.05) is 19.2 Å². The van der Waals surface area contributed by atoms with Crippen LogP contribution in [0.4, 0.5) is 5.69 Å². The van der Waals surface area contributed by atoms with E-state index in [4.69, 9.17) is 34.3 Å². The lowest BCUT2D eigenvalue weighted by atomic mass is 10.1. The number of nitrogens with two attached hydrogens (primary N) is 1. The summed E-state index contributed by atoms with van der Waals surface area (Å²) in [5.74, 6) is 0. The third-order valence-electron chi connectivity index (χ3n) is 3.07. The predicted octanol–water partition coefficient (Wildman–Crippen LogP) is 2.20. The maximum atomic E-state index is 6.15. The Balaban J connectivity index is 2.36. The Kier molecular flexibility index (Phi) is 3.86. The van der Waals surface area contributed by atoms with Crippen molar-refractivity contribution in [3.63, 3.8) is 0 Å². The van der Waals surface area contributed by atoms with Crippen LogP contribution in [0.3, 0.4) is 0 Å². The summed E-state index contributed by atoms with van der Waals surface area (Å²) in [6, 6.07) is 6.06. The molecular formula is C12H15ClN2OS. The molecule has 1 fully saturated rings. The molecule has 1 saturated heterocycles. The topological polar surface area (TPSA) is 38.5 Å². The largest absolute Gasteiger partial charge is 0.389 e.